The Hall–Kier alpha value is -3.16. The largest absolute Gasteiger partial charge is 0.366 e. The van der Waals surface area contributed by atoms with Gasteiger partial charge in [-0.2, -0.15) is 5.26 Å². The summed E-state index contributed by atoms with van der Waals surface area (Å²) >= 11 is 6.89. The van der Waals surface area contributed by atoms with Gasteiger partial charge in [-0.15, -0.1) is 0 Å². The number of hydrogen-bond acceptors (Lipinski definition) is 7. The topological polar surface area (TPSA) is 72.6 Å². The molecule has 198 valence electrons. The first-order chi connectivity index (χ1) is 18.3. The second-order valence-electron chi connectivity index (χ2n) is 9.81. The van der Waals surface area contributed by atoms with Crippen molar-refractivity contribution in [2.75, 3.05) is 36.0 Å². The smallest absolute Gasteiger partial charge is 0.270 e. The minimum absolute atomic E-state index is 0.0816. The summed E-state index contributed by atoms with van der Waals surface area (Å²) in [4.78, 5) is 33.2. The number of amides is 1. The molecule has 2 aliphatic heterocycles. The quantitative estimate of drug-likeness (QED) is 0.395. The monoisotopic (exact) mass is 551 g/mol. The van der Waals surface area contributed by atoms with E-state index in [-0.39, 0.29) is 28.9 Å². The van der Waals surface area contributed by atoms with Gasteiger partial charge in [0.1, 0.15) is 27.6 Å². The molecule has 3 heterocycles. The van der Waals surface area contributed by atoms with Crippen LogP contribution in [0.5, 0.6) is 0 Å². The molecule has 3 aliphatic rings. The Labute approximate surface area is 231 Å². The Morgan fingerprint density at radius 1 is 1.13 bits per heavy atom. The summed E-state index contributed by atoms with van der Waals surface area (Å²) in [6.45, 7) is 6.28. The number of halogens is 1. The lowest BCUT2D eigenvalue weighted by molar-refractivity contribution is -0.123. The first kappa shape index (κ1) is 26.4. The Morgan fingerprint density at radius 3 is 2.42 bits per heavy atom. The number of nitriles is 1. The lowest BCUT2D eigenvalue weighted by Gasteiger charge is -2.39. The van der Waals surface area contributed by atoms with Crippen LogP contribution in [0.25, 0.3) is 6.08 Å². The second kappa shape index (κ2) is 10.9. The van der Waals surface area contributed by atoms with Crippen LogP contribution in [0.3, 0.4) is 0 Å². The summed E-state index contributed by atoms with van der Waals surface area (Å²) < 4.78 is 16.6. The average molecular weight is 552 g/mol. The fourth-order valence-electron chi connectivity index (χ4n) is 5.73. The van der Waals surface area contributed by atoms with E-state index in [9.17, 15) is 19.2 Å². The highest BCUT2D eigenvalue weighted by Crippen LogP contribution is 2.39. The first-order valence-corrected chi connectivity index (χ1v) is 14.3. The molecule has 38 heavy (non-hydrogen) atoms. The number of para-hydroxylation sites is 1. The third kappa shape index (κ3) is 4.63. The molecule has 1 amide bonds. The van der Waals surface area contributed by atoms with Crippen molar-refractivity contribution in [3.8, 4) is 6.07 Å². The van der Waals surface area contributed by atoms with E-state index in [0.717, 1.165) is 25.7 Å². The van der Waals surface area contributed by atoms with Gasteiger partial charge in [0.15, 0.2) is 0 Å². The van der Waals surface area contributed by atoms with E-state index in [4.69, 9.17) is 12.2 Å². The Kier molecular flexibility index (Phi) is 7.59. The molecule has 7 nitrogen and oxygen atoms in total. The lowest BCUT2D eigenvalue weighted by atomic mass is 10.0. The molecule has 0 radical (unpaired) electrons. The Morgan fingerprint density at radius 2 is 1.79 bits per heavy atom. The standard InChI is InChI=1S/C28H30FN5O2S2/c1-3-33-25(32-14-12-31(13-15-32)23-11-7-6-10-22(23)29)20(18(2)21(17-30)26(33)35)16-24-27(36)34(28(37)38-24)19-8-4-5-9-19/h6-7,10-11,16,19H,3-5,8-9,12-15H2,1-2H3/b24-16-. The number of carbonyl (C=O) groups excluding carboxylic acids is 1. The predicted molar refractivity (Wildman–Crippen MR) is 154 cm³/mol. The van der Waals surface area contributed by atoms with Gasteiger partial charge in [0.05, 0.1) is 10.6 Å². The van der Waals surface area contributed by atoms with Crippen molar-refractivity contribution in [2.45, 2.75) is 52.1 Å². The van der Waals surface area contributed by atoms with Crippen LogP contribution >= 0.6 is 24.0 Å². The highest BCUT2D eigenvalue weighted by molar-refractivity contribution is 8.26. The van der Waals surface area contributed by atoms with Gasteiger partial charge in [-0.1, -0.05) is 49.0 Å². The van der Waals surface area contributed by atoms with Gasteiger partial charge in [0.2, 0.25) is 0 Å². The number of thioether (sulfide) groups is 1. The second-order valence-corrected chi connectivity index (χ2v) is 11.5. The zero-order chi connectivity index (χ0) is 27.0. The first-order valence-electron chi connectivity index (χ1n) is 13.0. The summed E-state index contributed by atoms with van der Waals surface area (Å²) in [5.74, 6) is 0.327. The van der Waals surface area contributed by atoms with Crippen molar-refractivity contribution in [1.82, 2.24) is 9.47 Å². The van der Waals surface area contributed by atoms with Crippen LogP contribution < -0.4 is 15.4 Å². The fraction of sp³-hybridized carbons (Fsp3) is 0.429. The highest BCUT2D eigenvalue weighted by atomic mass is 32.2. The normalized spacial score (nSPS) is 19.6. The minimum atomic E-state index is -0.338. The predicted octanol–water partition coefficient (Wildman–Crippen LogP) is 4.66. The maximum atomic E-state index is 14.4. The van der Waals surface area contributed by atoms with Crippen molar-refractivity contribution < 1.29 is 9.18 Å². The van der Waals surface area contributed by atoms with Crippen LogP contribution in [0.4, 0.5) is 15.9 Å². The molecule has 1 aromatic carbocycles. The molecule has 2 saturated heterocycles. The molecule has 0 bridgehead atoms. The van der Waals surface area contributed by atoms with Gasteiger partial charge >= 0.3 is 0 Å². The van der Waals surface area contributed by atoms with Gasteiger partial charge in [-0.3, -0.25) is 19.1 Å². The lowest BCUT2D eigenvalue weighted by Crippen LogP contribution is -2.49. The number of thiocarbonyl (C=S) groups is 1. The third-order valence-corrected chi connectivity index (χ3v) is 9.05. The van der Waals surface area contributed by atoms with E-state index in [0.29, 0.717) is 64.6 Å². The minimum Gasteiger partial charge on any atom is -0.366 e. The van der Waals surface area contributed by atoms with Crippen molar-refractivity contribution in [3.63, 3.8) is 0 Å². The van der Waals surface area contributed by atoms with Crippen molar-refractivity contribution in [2.24, 2.45) is 0 Å². The molecule has 3 fully saturated rings. The van der Waals surface area contributed by atoms with Gasteiger partial charge in [0, 0.05) is 44.3 Å². The molecule has 5 rings (SSSR count). The van der Waals surface area contributed by atoms with Gasteiger partial charge in [-0.05, 0) is 50.5 Å². The number of benzene rings is 1. The molecule has 0 N–H and O–H groups in total. The number of anilines is 2. The number of piperazine rings is 1. The van der Waals surface area contributed by atoms with E-state index in [1.54, 1.807) is 28.5 Å². The number of nitrogens with zero attached hydrogens (tertiary/aromatic N) is 5. The maximum Gasteiger partial charge on any atom is 0.270 e. The van der Waals surface area contributed by atoms with Crippen LogP contribution in [-0.4, -0.2) is 51.9 Å². The van der Waals surface area contributed by atoms with E-state index >= 15 is 0 Å². The van der Waals surface area contributed by atoms with Crippen LogP contribution in [0.2, 0.25) is 0 Å². The zero-order valence-electron chi connectivity index (χ0n) is 21.6. The number of carbonyl (C=O) groups is 1. The number of aromatic nitrogens is 1. The van der Waals surface area contributed by atoms with Crippen molar-refractivity contribution >= 4 is 51.8 Å². The summed E-state index contributed by atoms with van der Waals surface area (Å²) in [6.07, 6.45) is 5.91. The molecular weight excluding hydrogens is 521 g/mol. The molecule has 0 spiro atoms. The van der Waals surface area contributed by atoms with E-state index < -0.39 is 0 Å². The highest BCUT2D eigenvalue weighted by Gasteiger charge is 2.38. The molecule has 1 aliphatic carbocycles. The fourth-order valence-corrected chi connectivity index (χ4v) is 7.12. The maximum absolute atomic E-state index is 14.4. The van der Waals surface area contributed by atoms with Crippen LogP contribution in [0.15, 0.2) is 34.0 Å². The molecule has 1 aromatic heterocycles. The van der Waals surface area contributed by atoms with E-state index in [1.165, 1.54) is 17.8 Å². The van der Waals surface area contributed by atoms with Gasteiger partial charge in [-0.25, -0.2) is 4.39 Å². The Bertz CT molecular complexity index is 1420. The van der Waals surface area contributed by atoms with Gasteiger partial charge < -0.3 is 9.80 Å². The number of pyridine rings is 1. The van der Waals surface area contributed by atoms with Crippen LogP contribution in [0, 0.1) is 24.1 Å². The molecule has 10 heteroatoms. The molecular formula is C28H30FN5O2S2. The SMILES string of the molecule is CCn1c(N2CCN(c3ccccc3F)CC2)c(/C=C2\SC(=S)N(C3CCCC3)C2=O)c(C)c(C#N)c1=O. The number of rotatable bonds is 5. The van der Waals surface area contributed by atoms with E-state index in [1.807, 2.05) is 24.0 Å². The molecule has 0 atom stereocenters. The van der Waals surface area contributed by atoms with Crippen molar-refractivity contribution in [1.29, 1.82) is 5.26 Å². The zero-order valence-corrected chi connectivity index (χ0v) is 23.2. The van der Waals surface area contributed by atoms with Crippen molar-refractivity contribution in [3.05, 3.63) is 62.0 Å². The molecule has 0 unspecified atom stereocenters. The van der Waals surface area contributed by atoms with Crippen LogP contribution in [0.1, 0.15) is 49.3 Å². The summed E-state index contributed by atoms with van der Waals surface area (Å²) in [7, 11) is 0. The molecule has 1 saturated carbocycles. The van der Waals surface area contributed by atoms with E-state index in [2.05, 4.69) is 11.0 Å². The third-order valence-electron chi connectivity index (χ3n) is 7.72. The van der Waals surface area contributed by atoms with Crippen LogP contribution in [-0.2, 0) is 11.3 Å². The molecule has 2 aromatic rings. The van der Waals surface area contributed by atoms with Gasteiger partial charge in [0.25, 0.3) is 11.5 Å². The Balaban J connectivity index is 1.54. The average Bonchev–Trinajstić information content (AvgIpc) is 3.53. The summed E-state index contributed by atoms with van der Waals surface area (Å²) in [5, 5.41) is 9.83. The summed E-state index contributed by atoms with van der Waals surface area (Å²) in [6, 6.07) is 8.95. The number of hydrogen-bond donors (Lipinski definition) is 0. The summed E-state index contributed by atoms with van der Waals surface area (Å²) in [5.41, 5.74) is 1.55.